The molecule has 1 atom stereocenters. The van der Waals surface area contributed by atoms with Gasteiger partial charge in [0.1, 0.15) is 17.1 Å². The molecule has 2 amide bonds. The van der Waals surface area contributed by atoms with Crippen LogP contribution in [0.25, 0.3) is 21.5 Å². The Hall–Kier alpha value is -4.12. The number of methoxy groups -OCH3 is 1. The number of ether oxygens (including phenoxy) is 1. The van der Waals surface area contributed by atoms with E-state index in [1.165, 1.54) is 35.7 Å². The van der Waals surface area contributed by atoms with Crippen molar-refractivity contribution in [3.63, 3.8) is 0 Å². The number of ketones is 1. The number of piperazine rings is 1. The van der Waals surface area contributed by atoms with Crippen molar-refractivity contribution in [1.82, 2.24) is 29.7 Å². The van der Waals surface area contributed by atoms with Crippen LogP contribution in [0.3, 0.4) is 0 Å². The Kier molecular flexibility index (Phi) is 6.00. The quantitative estimate of drug-likeness (QED) is 0.337. The lowest BCUT2D eigenvalue weighted by atomic mass is 10.1. The summed E-state index contributed by atoms with van der Waals surface area (Å²) < 4.78 is 5.46. The van der Waals surface area contributed by atoms with E-state index in [0.29, 0.717) is 41.1 Å². The van der Waals surface area contributed by atoms with E-state index >= 15 is 0 Å². The number of hydrogen-bond acceptors (Lipinski definition) is 8. The topological polar surface area (TPSA) is 121 Å². The molecule has 1 aliphatic rings. The normalized spacial score (nSPS) is 15.9. The van der Waals surface area contributed by atoms with E-state index in [9.17, 15) is 14.4 Å². The van der Waals surface area contributed by atoms with E-state index in [-0.39, 0.29) is 24.1 Å². The Morgan fingerprint density at radius 3 is 2.71 bits per heavy atom. The first-order valence-corrected chi connectivity index (χ1v) is 11.9. The molecule has 0 aromatic carbocycles. The van der Waals surface area contributed by atoms with Crippen molar-refractivity contribution in [2.45, 2.75) is 13.0 Å². The summed E-state index contributed by atoms with van der Waals surface area (Å²) in [4.78, 5) is 59.2. The highest BCUT2D eigenvalue weighted by atomic mass is 32.1. The third-order valence-corrected chi connectivity index (χ3v) is 6.84. The van der Waals surface area contributed by atoms with Gasteiger partial charge in [-0.2, -0.15) is 0 Å². The second-order valence-electron chi connectivity index (χ2n) is 8.14. The van der Waals surface area contributed by atoms with Crippen LogP contribution in [0.4, 0.5) is 0 Å². The average Bonchev–Trinajstić information content (AvgIpc) is 3.58. The molecule has 0 bridgehead atoms. The Balaban J connectivity index is 1.39. The van der Waals surface area contributed by atoms with Gasteiger partial charge in [-0.3, -0.25) is 24.4 Å². The molecule has 178 valence electrons. The minimum Gasteiger partial charge on any atom is -0.494 e. The zero-order chi connectivity index (χ0) is 24.5. The van der Waals surface area contributed by atoms with E-state index in [1.54, 1.807) is 41.0 Å². The fraction of sp³-hybridized carbons (Fsp3) is 0.250. The predicted molar refractivity (Wildman–Crippen MR) is 129 cm³/mol. The van der Waals surface area contributed by atoms with Gasteiger partial charge in [-0.05, 0) is 19.1 Å². The molecule has 1 aliphatic heterocycles. The number of aromatic amines is 1. The number of amides is 2. The summed E-state index contributed by atoms with van der Waals surface area (Å²) in [5.74, 6) is -1.07. The molecular weight excluding hydrogens is 468 g/mol. The minimum atomic E-state index is -0.646. The fourth-order valence-corrected chi connectivity index (χ4v) is 4.94. The van der Waals surface area contributed by atoms with Crippen molar-refractivity contribution in [2.24, 2.45) is 0 Å². The Morgan fingerprint density at radius 2 is 2.03 bits per heavy atom. The van der Waals surface area contributed by atoms with Crippen molar-refractivity contribution >= 4 is 39.8 Å². The SMILES string of the molecule is COc1cnc(-c2cncs2)c2[nH]cc(C(=O)C(=O)N3CCN(C(=O)c4ccccn4)C[C@H]3C)c12. The van der Waals surface area contributed by atoms with E-state index in [4.69, 9.17) is 4.74 Å². The van der Waals surface area contributed by atoms with Gasteiger partial charge in [0.25, 0.3) is 17.6 Å². The summed E-state index contributed by atoms with van der Waals surface area (Å²) in [7, 11) is 1.49. The predicted octanol–water partition coefficient (Wildman–Crippen LogP) is 2.65. The molecule has 1 saturated heterocycles. The number of nitrogens with zero attached hydrogens (tertiary/aromatic N) is 5. The summed E-state index contributed by atoms with van der Waals surface area (Å²) in [6.07, 6.45) is 6.32. The third-order valence-electron chi connectivity index (χ3n) is 6.06. The molecule has 4 aromatic rings. The van der Waals surface area contributed by atoms with Crippen molar-refractivity contribution in [2.75, 3.05) is 26.7 Å². The van der Waals surface area contributed by atoms with Crippen molar-refractivity contribution in [1.29, 1.82) is 0 Å². The zero-order valence-electron chi connectivity index (χ0n) is 19.1. The molecular formula is C24H22N6O4S. The molecule has 5 rings (SSSR count). The zero-order valence-corrected chi connectivity index (χ0v) is 19.9. The molecule has 1 N–H and O–H groups in total. The number of thiazole rings is 1. The summed E-state index contributed by atoms with van der Waals surface area (Å²) in [6, 6.07) is 4.83. The van der Waals surface area contributed by atoms with Gasteiger partial charge < -0.3 is 19.5 Å². The standard InChI is InChI=1S/C24H22N6O4S/c1-14-12-29(23(32)16-5-3-4-6-26-16)7-8-30(14)24(33)22(31)15-9-27-21-19(15)17(34-2)10-28-20(21)18-11-25-13-35-18/h3-6,9-11,13-14,27H,7-8,12H2,1-2H3/t14-/m1/s1. The molecule has 0 unspecified atom stereocenters. The Bertz CT molecular complexity index is 1400. The lowest BCUT2D eigenvalue weighted by Crippen LogP contribution is -2.56. The molecule has 11 heteroatoms. The molecule has 0 saturated carbocycles. The Morgan fingerprint density at radius 1 is 1.17 bits per heavy atom. The van der Waals surface area contributed by atoms with Gasteiger partial charge in [0.05, 0.1) is 40.2 Å². The van der Waals surface area contributed by atoms with Crippen LogP contribution in [0.2, 0.25) is 0 Å². The van der Waals surface area contributed by atoms with E-state index < -0.39 is 11.7 Å². The molecule has 1 fully saturated rings. The number of rotatable bonds is 5. The highest BCUT2D eigenvalue weighted by Crippen LogP contribution is 2.36. The van der Waals surface area contributed by atoms with Gasteiger partial charge in [-0.25, -0.2) is 4.98 Å². The number of nitrogens with one attached hydrogen (secondary N) is 1. The maximum Gasteiger partial charge on any atom is 0.295 e. The van der Waals surface area contributed by atoms with E-state index in [0.717, 1.165) is 4.88 Å². The van der Waals surface area contributed by atoms with Crippen LogP contribution in [-0.4, -0.2) is 80.1 Å². The van der Waals surface area contributed by atoms with Gasteiger partial charge in [-0.15, -0.1) is 11.3 Å². The summed E-state index contributed by atoms with van der Waals surface area (Å²) in [5, 5.41) is 0.501. The van der Waals surface area contributed by atoms with Gasteiger partial charge in [-0.1, -0.05) is 6.07 Å². The molecule has 0 aliphatic carbocycles. The summed E-state index contributed by atoms with van der Waals surface area (Å²) in [5.41, 5.74) is 3.50. The largest absolute Gasteiger partial charge is 0.494 e. The van der Waals surface area contributed by atoms with E-state index in [2.05, 4.69) is 19.9 Å². The number of carbonyl (C=O) groups is 3. The van der Waals surface area contributed by atoms with Crippen LogP contribution < -0.4 is 4.74 Å². The molecule has 5 heterocycles. The smallest absolute Gasteiger partial charge is 0.295 e. The van der Waals surface area contributed by atoms with Crippen LogP contribution in [0.5, 0.6) is 5.75 Å². The van der Waals surface area contributed by atoms with Crippen LogP contribution in [0.1, 0.15) is 27.8 Å². The maximum atomic E-state index is 13.4. The maximum absolute atomic E-state index is 13.4. The first kappa shape index (κ1) is 22.7. The highest BCUT2D eigenvalue weighted by molar-refractivity contribution is 7.13. The number of hydrogen-bond donors (Lipinski definition) is 1. The average molecular weight is 491 g/mol. The van der Waals surface area contributed by atoms with Gasteiger partial charge in [0, 0.05) is 44.3 Å². The molecule has 10 nitrogen and oxygen atoms in total. The van der Waals surface area contributed by atoms with Gasteiger partial charge in [0.2, 0.25) is 0 Å². The third kappa shape index (κ3) is 4.03. The fourth-order valence-electron chi connectivity index (χ4n) is 4.31. The van der Waals surface area contributed by atoms with Crippen LogP contribution in [0, 0.1) is 0 Å². The lowest BCUT2D eigenvalue weighted by molar-refractivity contribution is -0.130. The van der Waals surface area contributed by atoms with Crippen LogP contribution >= 0.6 is 11.3 Å². The number of pyridine rings is 2. The van der Waals surface area contributed by atoms with Crippen LogP contribution in [0.15, 0.2) is 48.5 Å². The molecule has 0 radical (unpaired) electrons. The second kappa shape index (κ2) is 9.26. The van der Waals surface area contributed by atoms with Crippen molar-refractivity contribution in [3.8, 4) is 16.3 Å². The first-order valence-electron chi connectivity index (χ1n) is 11.0. The first-order chi connectivity index (χ1) is 17.0. The number of carbonyl (C=O) groups excluding carboxylic acids is 3. The van der Waals surface area contributed by atoms with E-state index in [1.807, 2.05) is 6.92 Å². The Labute approximate surface area is 204 Å². The number of Topliss-reactive ketones (excluding diaryl/α,β-unsaturated/α-hetero) is 1. The second-order valence-corrected chi connectivity index (χ2v) is 9.02. The highest BCUT2D eigenvalue weighted by Gasteiger charge is 2.35. The van der Waals surface area contributed by atoms with Crippen molar-refractivity contribution < 1.29 is 19.1 Å². The number of aromatic nitrogens is 4. The summed E-state index contributed by atoms with van der Waals surface area (Å²) in [6.45, 7) is 2.70. The molecule has 0 spiro atoms. The minimum absolute atomic E-state index is 0.194. The molecule has 4 aromatic heterocycles. The van der Waals surface area contributed by atoms with Gasteiger partial charge in [0.15, 0.2) is 0 Å². The summed E-state index contributed by atoms with van der Waals surface area (Å²) >= 11 is 1.42. The molecule has 35 heavy (non-hydrogen) atoms. The monoisotopic (exact) mass is 490 g/mol. The number of fused-ring (bicyclic) bond motifs is 1. The lowest BCUT2D eigenvalue weighted by Gasteiger charge is -2.39. The van der Waals surface area contributed by atoms with Gasteiger partial charge >= 0.3 is 0 Å². The number of H-pyrrole nitrogens is 1. The van der Waals surface area contributed by atoms with Crippen molar-refractivity contribution in [3.05, 3.63) is 59.8 Å². The van der Waals surface area contributed by atoms with Crippen LogP contribution in [-0.2, 0) is 4.79 Å².